The molecule has 1 aromatic heterocycles. The Bertz CT molecular complexity index is 2080. The van der Waals surface area contributed by atoms with Crippen molar-refractivity contribution in [2.75, 3.05) is 28.7 Å². The average Bonchev–Trinajstić information content (AvgIpc) is 3.77. The van der Waals surface area contributed by atoms with E-state index in [9.17, 15) is 28.8 Å². The Labute approximate surface area is 322 Å². The number of aromatic nitrogens is 3. The van der Waals surface area contributed by atoms with Crippen LogP contribution in [0.2, 0.25) is 0 Å². The van der Waals surface area contributed by atoms with Crippen LogP contribution in [-0.2, 0) is 22.7 Å². The number of piperidine rings is 1. The second-order valence-electron chi connectivity index (χ2n) is 13.4. The number of amides is 7. The number of nitrogens with one attached hydrogen (secondary N) is 4. The predicted molar refractivity (Wildman–Crippen MR) is 203 cm³/mol. The molecule has 2 aliphatic rings. The molecule has 0 bridgehead atoms. The Kier molecular flexibility index (Phi) is 12.7. The minimum Gasteiger partial charge on any atom is -0.494 e. The van der Waals surface area contributed by atoms with Gasteiger partial charge in [-0.05, 0) is 92.8 Å². The molecule has 1 fully saturated rings. The van der Waals surface area contributed by atoms with Crippen molar-refractivity contribution >= 4 is 52.6 Å². The van der Waals surface area contributed by atoms with Crippen molar-refractivity contribution < 1.29 is 38.7 Å². The number of hydrogen-bond acceptors (Lipinski definition) is 11. The lowest BCUT2D eigenvalue weighted by Gasteiger charge is -2.27. The maximum Gasteiger partial charge on any atom is 0.326 e. The van der Waals surface area contributed by atoms with Crippen molar-refractivity contribution in [3.63, 3.8) is 0 Å². The Morgan fingerprint density at radius 2 is 1.75 bits per heavy atom. The summed E-state index contributed by atoms with van der Waals surface area (Å²) in [7, 11) is 0. The number of nitrogens with zero attached hydrogens (tertiary/aromatic N) is 5. The molecule has 3 aromatic carbocycles. The van der Waals surface area contributed by atoms with Crippen molar-refractivity contribution in [1.82, 2.24) is 30.7 Å². The van der Waals surface area contributed by atoms with Crippen molar-refractivity contribution in [3.05, 3.63) is 95.3 Å². The topological polar surface area (TPSA) is 217 Å². The summed E-state index contributed by atoms with van der Waals surface area (Å²) < 4.78 is 7.65. The number of hydrogen-bond donors (Lipinski definition) is 5. The van der Waals surface area contributed by atoms with Crippen LogP contribution in [0.3, 0.4) is 0 Å². The Morgan fingerprint density at radius 3 is 2.48 bits per heavy atom. The van der Waals surface area contributed by atoms with Gasteiger partial charge in [0.1, 0.15) is 17.5 Å². The molecule has 2 aliphatic heterocycles. The molecule has 0 spiro atoms. The number of carbonyl (C=O) groups is 6. The number of anilines is 3. The van der Waals surface area contributed by atoms with E-state index in [2.05, 4.69) is 26.3 Å². The molecule has 7 amide bonds. The number of imide groups is 2. The monoisotopic (exact) mass is 765 g/mol. The number of fused-ring (bicyclic) bond motifs is 1. The highest BCUT2D eigenvalue weighted by molar-refractivity contribution is 6.25. The second kappa shape index (κ2) is 18.1. The molecule has 17 nitrogen and oxygen atoms in total. The zero-order valence-electron chi connectivity index (χ0n) is 30.8. The normalized spacial score (nSPS) is 15.0. The standard InChI is InChI=1S/C39H43N9O8/c1-2-3-21-47(28-14-10-25(11-15-28)35(50)44-55)39(54)41-26-12-16-29(17-13-26)56-22-6-4-5-20-46-24-27(43-45-46)23-40-31-9-7-8-30-34(31)38(53)48(37(30)52)32-18-19-33(49)42-36(32)51/h7-17,24,32,40,55H,2-6,18-23H2,1H3,(H,41,54)(H,44,50)(H,42,49,51). The van der Waals surface area contributed by atoms with Gasteiger partial charge in [-0.15, -0.1) is 5.10 Å². The number of unbranched alkanes of at least 4 members (excludes halogenated alkanes) is 3. The van der Waals surface area contributed by atoms with E-state index in [0.29, 0.717) is 48.2 Å². The molecular formula is C39H43N9O8. The molecule has 0 aliphatic carbocycles. The molecule has 1 saturated heterocycles. The van der Waals surface area contributed by atoms with Crippen LogP contribution in [0.4, 0.5) is 21.9 Å². The van der Waals surface area contributed by atoms with Gasteiger partial charge in [0.15, 0.2) is 0 Å². The lowest BCUT2D eigenvalue weighted by molar-refractivity contribution is -0.136. The maximum absolute atomic E-state index is 13.3. The lowest BCUT2D eigenvalue weighted by atomic mass is 10.0. The van der Waals surface area contributed by atoms with E-state index < -0.39 is 35.6 Å². The largest absolute Gasteiger partial charge is 0.494 e. The van der Waals surface area contributed by atoms with Gasteiger partial charge in [-0.2, -0.15) is 0 Å². The highest BCUT2D eigenvalue weighted by Gasteiger charge is 2.45. The summed E-state index contributed by atoms with van der Waals surface area (Å²) in [4.78, 5) is 77.8. The first-order chi connectivity index (χ1) is 27.2. The fraction of sp³-hybridized carbons (Fsp3) is 0.333. The number of hydroxylamine groups is 1. The first kappa shape index (κ1) is 39.1. The van der Waals surface area contributed by atoms with E-state index >= 15 is 0 Å². The van der Waals surface area contributed by atoms with E-state index in [1.165, 1.54) is 0 Å². The van der Waals surface area contributed by atoms with Crippen LogP contribution in [0.1, 0.15) is 88.6 Å². The molecule has 0 radical (unpaired) electrons. The van der Waals surface area contributed by atoms with Crippen LogP contribution in [0.25, 0.3) is 0 Å². The van der Waals surface area contributed by atoms with Gasteiger partial charge in [-0.1, -0.05) is 24.6 Å². The molecule has 17 heteroatoms. The Hall–Kier alpha value is -6.62. The SMILES string of the molecule is CCCCN(C(=O)Nc1ccc(OCCCCCn2cc(CNc3cccc4c3C(=O)N(C3CCC(=O)NC3=O)C4=O)nn2)cc1)c1ccc(C(=O)NO)cc1. The highest BCUT2D eigenvalue weighted by atomic mass is 16.5. The third-order valence-corrected chi connectivity index (χ3v) is 9.44. The Morgan fingerprint density at radius 1 is 0.964 bits per heavy atom. The van der Waals surface area contributed by atoms with Crippen LogP contribution < -0.4 is 31.1 Å². The number of ether oxygens (including phenoxy) is 1. The summed E-state index contributed by atoms with van der Waals surface area (Å²) >= 11 is 0. The van der Waals surface area contributed by atoms with E-state index in [4.69, 9.17) is 9.94 Å². The molecular weight excluding hydrogens is 722 g/mol. The first-order valence-electron chi connectivity index (χ1n) is 18.5. The van der Waals surface area contributed by atoms with Crippen LogP contribution in [-0.4, -0.2) is 79.9 Å². The van der Waals surface area contributed by atoms with Gasteiger partial charge in [0, 0.05) is 42.1 Å². The van der Waals surface area contributed by atoms with Gasteiger partial charge >= 0.3 is 6.03 Å². The molecule has 5 N–H and O–H groups in total. The number of benzene rings is 3. The van der Waals surface area contributed by atoms with Gasteiger partial charge in [-0.3, -0.25) is 49.0 Å². The molecule has 6 rings (SSSR count). The number of aryl methyl sites for hydroxylation is 1. The minimum atomic E-state index is -1.04. The number of urea groups is 1. The van der Waals surface area contributed by atoms with Crippen LogP contribution in [0, 0.1) is 0 Å². The molecule has 1 unspecified atom stereocenters. The summed E-state index contributed by atoms with van der Waals surface area (Å²) in [6, 6.07) is 17.1. The summed E-state index contributed by atoms with van der Waals surface area (Å²) in [6.07, 6.45) is 6.17. The van der Waals surface area contributed by atoms with Crippen LogP contribution in [0.5, 0.6) is 5.75 Å². The molecule has 56 heavy (non-hydrogen) atoms. The van der Waals surface area contributed by atoms with Crippen LogP contribution in [0.15, 0.2) is 72.9 Å². The Balaban J connectivity index is 0.912. The van der Waals surface area contributed by atoms with Crippen molar-refractivity contribution in [2.45, 2.75) is 71.0 Å². The molecule has 4 aromatic rings. The zero-order chi connectivity index (χ0) is 39.6. The molecule has 3 heterocycles. The van der Waals surface area contributed by atoms with E-state index in [1.807, 2.05) is 13.1 Å². The highest BCUT2D eigenvalue weighted by Crippen LogP contribution is 2.32. The minimum absolute atomic E-state index is 0.0493. The van der Waals surface area contributed by atoms with Gasteiger partial charge in [-0.25, -0.2) is 10.3 Å². The third kappa shape index (κ3) is 9.18. The summed E-state index contributed by atoms with van der Waals surface area (Å²) in [5.41, 5.74) is 4.56. The van der Waals surface area contributed by atoms with Crippen LogP contribution >= 0.6 is 0 Å². The van der Waals surface area contributed by atoms with E-state index in [0.717, 1.165) is 37.0 Å². The fourth-order valence-electron chi connectivity index (χ4n) is 6.47. The van der Waals surface area contributed by atoms with E-state index in [-0.39, 0.29) is 42.1 Å². The van der Waals surface area contributed by atoms with E-state index in [1.54, 1.807) is 81.8 Å². The van der Waals surface area contributed by atoms with Crippen molar-refractivity contribution in [1.29, 1.82) is 0 Å². The third-order valence-electron chi connectivity index (χ3n) is 9.44. The van der Waals surface area contributed by atoms with Gasteiger partial charge in [0.05, 0.1) is 30.5 Å². The molecule has 292 valence electrons. The first-order valence-corrected chi connectivity index (χ1v) is 18.5. The average molecular weight is 766 g/mol. The predicted octanol–water partition coefficient (Wildman–Crippen LogP) is 4.50. The summed E-state index contributed by atoms with van der Waals surface area (Å²) in [6.45, 7) is 3.94. The fourth-order valence-corrected chi connectivity index (χ4v) is 6.47. The number of rotatable bonds is 17. The van der Waals surface area contributed by atoms with Crippen molar-refractivity contribution in [3.8, 4) is 5.75 Å². The lowest BCUT2D eigenvalue weighted by Crippen LogP contribution is -2.54. The van der Waals surface area contributed by atoms with Gasteiger partial charge in [0.25, 0.3) is 17.7 Å². The smallest absolute Gasteiger partial charge is 0.326 e. The van der Waals surface area contributed by atoms with Crippen molar-refractivity contribution in [2.24, 2.45) is 0 Å². The maximum atomic E-state index is 13.3. The molecule has 1 atom stereocenters. The van der Waals surface area contributed by atoms with Gasteiger partial charge in [0.2, 0.25) is 11.8 Å². The van der Waals surface area contributed by atoms with Gasteiger partial charge < -0.3 is 15.4 Å². The second-order valence-corrected chi connectivity index (χ2v) is 13.4. The zero-order valence-corrected chi connectivity index (χ0v) is 30.8. The quantitative estimate of drug-likeness (QED) is 0.0437. The summed E-state index contributed by atoms with van der Waals surface area (Å²) in [5, 5.41) is 25.6. The molecule has 0 saturated carbocycles. The summed E-state index contributed by atoms with van der Waals surface area (Å²) in [5.74, 6) is -2.19. The number of carbonyl (C=O) groups excluding carboxylic acids is 6.